The van der Waals surface area contributed by atoms with Gasteiger partial charge in [0.15, 0.2) is 0 Å². The van der Waals surface area contributed by atoms with E-state index in [0.29, 0.717) is 31.5 Å². The molecule has 1 saturated heterocycles. The summed E-state index contributed by atoms with van der Waals surface area (Å²) in [6.07, 6.45) is 3.03. The number of hydrogen-bond acceptors (Lipinski definition) is 3. The van der Waals surface area contributed by atoms with E-state index in [4.69, 9.17) is 4.74 Å². The normalized spacial score (nSPS) is 15.5. The van der Waals surface area contributed by atoms with E-state index in [-0.39, 0.29) is 29.6 Å². The Morgan fingerprint density at radius 2 is 1.73 bits per heavy atom. The molecule has 0 aromatic heterocycles. The largest absolute Gasteiger partial charge is 0.497 e. The molecule has 0 saturated carbocycles. The van der Waals surface area contributed by atoms with Crippen LogP contribution in [0.15, 0.2) is 48.5 Å². The molecule has 160 valence electrons. The first-order valence-corrected chi connectivity index (χ1v) is 10.4. The van der Waals surface area contributed by atoms with Gasteiger partial charge < -0.3 is 15.0 Å². The van der Waals surface area contributed by atoms with Gasteiger partial charge in [-0.3, -0.25) is 9.59 Å². The Morgan fingerprint density at radius 1 is 1.10 bits per heavy atom. The molecule has 1 fully saturated rings. The maximum Gasteiger partial charge on any atom is 0.253 e. The van der Waals surface area contributed by atoms with Crippen LogP contribution in [0.4, 0.5) is 4.39 Å². The number of rotatable bonds is 7. The van der Waals surface area contributed by atoms with Gasteiger partial charge in [-0.05, 0) is 74.6 Å². The third-order valence-corrected chi connectivity index (χ3v) is 5.66. The molecule has 2 amide bonds. The fourth-order valence-corrected chi connectivity index (χ4v) is 3.73. The van der Waals surface area contributed by atoms with Gasteiger partial charge in [-0.25, -0.2) is 4.39 Å². The van der Waals surface area contributed by atoms with Crippen LogP contribution in [-0.4, -0.2) is 43.0 Å². The molecule has 30 heavy (non-hydrogen) atoms. The average molecular weight is 413 g/mol. The Bertz CT molecular complexity index is 844. The van der Waals surface area contributed by atoms with E-state index in [0.717, 1.165) is 18.6 Å². The van der Waals surface area contributed by atoms with Crippen LogP contribution in [0.3, 0.4) is 0 Å². The van der Waals surface area contributed by atoms with Crippen molar-refractivity contribution in [1.82, 2.24) is 10.2 Å². The minimum absolute atomic E-state index is 0.0612. The maximum absolute atomic E-state index is 13.0. The van der Waals surface area contributed by atoms with E-state index in [2.05, 4.69) is 5.32 Å². The van der Waals surface area contributed by atoms with Crippen LogP contribution in [0.2, 0.25) is 0 Å². The van der Waals surface area contributed by atoms with Crippen LogP contribution in [0, 0.1) is 11.7 Å². The number of nitrogens with one attached hydrogen (secondary N) is 1. The van der Waals surface area contributed by atoms with E-state index < -0.39 is 0 Å². The van der Waals surface area contributed by atoms with Gasteiger partial charge in [0.1, 0.15) is 11.6 Å². The summed E-state index contributed by atoms with van der Waals surface area (Å²) in [6, 6.07) is 13.6. The van der Waals surface area contributed by atoms with Crippen LogP contribution in [0.5, 0.6) is 5.75 Å². The molecule has 2 aromatic rings. The van der Waals surface area contributed by atoms with Crippen molar-refractivity contribution in [2.75, 3.05) is 20.2 Å². The van der Waals surface area contributed by atoms with Crippen molar-refractivity contribution in [2.24, 2.45) is 5.92 Å². The predicted octanol–water partition coefficient (Wildman–Crippen LogP) is 3.82. The lowest BCUT2D eigenvalue weighted by Gasteiger charge is -2.32. The van der Waals surface area contributed by atoms with Crippen molar-refractivity contribution in [3.05, 3.63) is 65.5 Å². The molecule has 2 aromatic carbocycles. The second kappa shape index (κ2) is 10.2. The number of ether oxygens (including phenoxy) is 1. The Labute approximate surface area is 177 Å². The third-order valence-electron chi connectivity index (χ3n) is 5.66. The third kappa shape index (κ3) is 5.81. The Balaban J connectivity index is 1.41. The molecule has 1 aliphatic rings. The van der Waals surface area contributed by atoms with Crippen molar-refractivity contribution < 1.29 is 18.7 Å². The molecule has 0 aliphatic carbocycles. The molecule has 5 nitrogen and oxygen atoms in total. The summed E-state index contributed by atoms with van der Waals surface area (Å²) in [5.74, 6) is 0.353. The number of halogens is 1. The smallest absolute Gasteiger partial charge is 0.253 e. The topological polar surface area (TPSA) is 58.6 Å². The number of methoxy groups -OCH3 is 1. The zero-order chi connectivity index (χ0) is 21.5. The summed E-state index contributed by atoms with van der Waals surface area (Å²) in [4.78, 5) is 26.9. The summed E-state index contributed by atoms with van der Waals surface area (Å²) >= 11 is 0. The molecule has 1 aliphatic heterocycles. The number of carbonyl (C=O) groups is 2. The molecule has 6 heteroatoms. The summed E-state index contributed by atoms with van der Waals surface area (Å²) in [5, 5.41) is 3.12. The van der Waals surface area contributed by atoms with E-state index in [1.54, 1.807) is 12.0 Å². The minimum atomic E-state index is -0.358. The van der Waals surface area contributed by atoms with E-state index in [9.17, 15) is 14.0 Å². The highest BCUT2D eigenvalue weighted by atomic mass is 19.1. The highest BCUT2D eigenvalue weighted by Gasteiger charge is 2.28. The number of nitrogens with zero attached hydrogens (tertiary/aromatic N) is 1. The van der Waals surface area contributed by atoms with Crippen LogP contribution >= 0.6 is 0 Å². The predicted molar refractivity (Wildman–Crippen MR) is 114 cm³/mol. The monoisotopic (exact) mass is 412 g/mol. The van der Waals surface area contributed by atoms with Crippen LogP contribution in [-0.2, 0) is 11.2 Å². The van der Waals surface area contributed by atoms with Crippen molar-refractivity contribution >= 4 is 11.8 Å². The van der Waals surface area contributed by atoms with Gasteiger partial charge in [-0.1, -0.05) is 12.1 Å². The van der Waals surface area contributed by atoms with Gasteiger partial charge in [-0.2, -0.15) is 0 Å². The van der Waals surface area contributed by atoms with Crippen molar-refractivity contribution in [3.8, 4) is 5.75 Å². The zero-order valence-electron chi connectivity index (χ0n) is 17.6. The summed E-state index contributed by atoms with van der Waals surface area (Å²) in [5.41, 5.74) is 1.69. The lowest BCUT2D eigenvalue weighted by molar-refractivity contribution is -0.126. The van der Waals surface area contributed by atoms with Gasteiger partial charge in [-0.15, -0.1) is 0 Å². The molecule has 1 N–H and O–H groups in total. The van der Waals surface area contributed by atoms with Crippen molar-refractivity contribution in [3.63, 3.8) is 0 Å². The highest BCUT2D eigenvalue weighted by molar-refractivity contribution is 5.94. The average Bonchev–Trinajstić information content (AvgIpc) is 2.78. The number of carbonyl (C=O) groups excluding carboxylic acids is 2. The molecular weight excluding hydrogens is 383 g/mol. The van der Waals surface area contributed by atoms with E-state index in [1.165, 1.54) is 29.8 Å². The maximum atomic E-state index is 13.0. The van der Waals surface area contributed by atoms with Gasteiger partial charge in [0.2, 0.25) is 5.91 Å². The van der Waals surface area contributed by atoms with Gasteiger partial charge in [0.05, 0.1) is 7.11 Å². The minimum Gasteiger partial charge on any atom is -0.497 e. The lowest BCUT2D eigenvalue weighted by atomic mass is 9.94. The molecule has 1 atom stereocenters. The molecule has 0 bridgehead atoms. The van der Waals surface area contributed by atoms with Crippen molar-refractivity contribution in [1.29, 1.82) is 0 Å². The standard InChI is InChI=1S/C24H29FN2O3/c1-17(3-4-18-5-11-22(30-2)12-6-18)26-23(28)19-13-15-27(16-14-19)24(29)20-7-9-21(25)10-8-20/h5-12,17,19H,3-4,13-16H2,1-2H3,(H,26,28). The molecule has 1 heterocycles. The SMILES string of the molecule is COc1ccc(CCC(C)NC(=O)C2CCN(C(=O)c3ccc(F)cc3)CC2)cc1. The number of amides is 2. The van der Waals surface area contributed by atoms with E-state index >= 15 is 0 Å². The molecule has 0 spiro atoms. The number of likely N-dealkylation sites (tertiary alicyclic amines) is 1. The fraction of sp³-hybridized carbons (Fsp3) is 0.417. The van der Waals surface area contributed by atoms with E-state index in [1.807, 2.05) is 31.2 Å². The molecular formula is C24H29FN2O3. The first-order valence-electron chi connectivity index (χ1n) is 10.4. The van der Waals surface area contributed by atoms with Gasteiger partial charge in [0.25, 0.3) is 5.91 Å². The van der Waals surface area contributed by atoms with Crippen LogP contribution in [0.1, 0.15) is 42.1 Å². The van der Waals surface area contributed by atoms with Gasteiger partial charge in [0, 0.05) is 30.6 Å². The zero-order valence-corrected chi connectivity index (χ0v) is 17.6. The second-order valence-electron chi connectivity index (χ2n) is 7.87. The Morgan fingerprint density at radius 3 is 2.33 bits per heavy atom. The highest BCUT2D eigenvalue weighted by Crippen LogP contribution is 2.20. The van der Waals surface area contributed by atoms with Gasteiger partial charge >= 0.3 is 0 Å². The Hall–Kier alpha value is -2.89. The second-order valence-corrected chi connectivity index (χ2v) is 7.87. The molecule has 3 rings (SSSR count). The number of piperidine rings is 1. The number of hydrogen-bond donors (Lipinski definition) is 1. The van der Waals surface area contributed by atoms with Crippen LogP contribution in [0.25, 0.3) is 0 Å². The van der Waals surface area contributed by atoms with Crippen molar-refractivity contribution in [2.45, 2.75) is 38.6 Å². The number of aryl methyl sites for hydroxylation is 1. The molecule has 0 radical (unpaired) electrons. The molecule has 1 unspecified atom stereocenters. The fourth-order valence-electron chi connectivity index (χ4n) is 3.73. The van der Waals surface area contributed by atoms with Crippen LogP contribution < -0.4 is 10.1 Å². The summed E-state index contributed by atoms with van der Waals surface area (Å²) in [6.45, 7) is 3.09. The first kappa shape index (κ1) is 21.8. The summed E-state index contributed by atoms with van der Waals surface area (Å²) in [7, 11) is 1.65. The Kier molecular flexibility index (Phi) is 7.44. The quantitative estimate of drug-likeness (QED) is 0.752. The lowest BCUT2D eigenvalue weighted by Crippen LogP contribution is -2.44. The number of benzene rings is 2. The summed E-state index contributed by atoms with van der Waals surface area (Å²) < 4.78 is 18.2. The first-order chi connectivity index (χ1) is 14.5.